The molecule has 0 saturated heterocycles. The first-order chi connectivity index (χ1) is 10.3. The van der Waals surface area contributed by atoms with Crippen molar-refractivity contribution in [2.45, 2.75) is 51.5 Å². The summed E-state index contributed by atoms with van der Waals surface area (Å²) >= 11 is 0. The predicted octanol–water partition coefficient (Wildman–Crippen LogP) is 3.88. The van der Waals surface area contributed by atoms with Crippen LogP contribution in [0, 0.1) is 5.92 Å². The smallest absolute Gasteiger partial charge is 0.213 e. The van der Waals surface area contributed by atoms with E-state index in [0.717, 1.165) is 11.6 Å². The lowest BCUT2D eigenvalue weighted by Gasteiger charge is -2.29. The van der Waals surface area contributed by atoms with Crippen molar-refractivity contribution in [3.05, 3.63) is 18.3 Å². The van der Waals surface area contributed by atoms with Crippen molar-refractivity contribution in [2.75, 3.05) is 25.6 Å². The Morgan fingerprint density at radius 3 is 2.62 bits per heavy atom. The number of pyridine rings is 1. The van der Waals surface area contributed by atoms with Crippen LogP contribution < -0.4 is 10.1 Å². The molecule has 4 heteroatoms. The number of ether oxygens (including phenoxy) is 2. The normalized spacial score (nSPS) is 22.0. The molecule has 0 aromatic carbocycles. The van der Waals surface area contributed by atoms with E-state index < -0.39 is 0 Å². The molecule has 0 aliphatic heterocycles. The van der Waals surface area contributed by atoms with Crippen LogP contribution in [0.2, 0.25) is 0 Å². The molecule has 1 fully saturated rings. The van der Waals surface area contributed by atoms with Gasteiger partial charge in [0.05, 0.1) is 18.5 Å². The third kappa shape index (κ3) is 5.54. The zero-order valence-electron chi connectivity index (χ0n) is 13.3. The summed E-state index contributed by atoms with van der Waals surface area (Å²) in [4.78, 5) is 4.32. The highest BCUT2D eigenvalue weighted by Gasteiger charge is 2.20. The molecule has 1 aromatic heterocycles. The molecule has 0 amide bonds. The standard InChI is InChI=1S/C17H28N2O2/c1-3-4-14-5-7-15(8-6-14)19-16-9-10-17(18-13-16)21-12-11-20-2/h9-10,13-15,19H,3-8,11-12H2,1-2H3. The van der Waals surface area contributed by atoms with E-state index in [0.29, 0.717) is 25.1 Å². The highest BCUT2D eigenvalue weighted by molar-refractivity contribution is 5.43. The van der Waals surface area contributed by atoms with Crippen LogP contribution in [-0.4, -0.2) is 31.3 Å². The van der Waals surface area contributed by atoms with Gasteiger partial charge in [-0.05, 0) is 37.7 Å². The largest absolute Gasteiger partial charge is 0.475 e. The van der Waals surface area contributed by atoms with Gasteiger partial charge in [0, 0.05) is 19.2 Å². The molecule has 1 aromatic rings. The summed E-state index contributed by atoms with van der Waals surface area (Å²) in [5, 5.41) is 3.60. The lowest BCUT2D eigenvalue weighted by Crippen LogP contribution is -2.26. The van der Waals surface area contributed by atoms with E-state index in [1.807, 2.05) is 18.3 Å². The van der Waals surface area contributed by atoms with Gasteiger partial charge in [0.15, 0.2) is 0 Å². The molecule has 21 heavy (non-hydrogen) atoms. The predicted molar refractivity (Wildman–Crippen MR) is 85.9 cm³/mol. The molecule has 0 bridgehead atoms. The minimum absolute atomic E-state index is 0.539. The Morgan fingerprint density at radius 1 is 1.19 bits per heavy atom. The third-order valence-corrected chi connectivity index (χ3v) is 4.19. The summed E-state index contributed by atoms with van der Waals surface area (Å²) in [7, 11) is 1.67. The van der Waals surface area contributed by atoms with Crippen molar-refractivity contribution >= 4 is 5.69 Å². The van der Waals surface area contributed by atoms with E-state index in [9.17, 15) is 0 Å². The van der Waals surface area contributed by atoms with Gasteiger partial charge in [-0.3, -0.25) is 0 Å². The number of rotatable bonds is 8. The monoisotopic (exact) mass is 292 g/mol. The summed E-state index contributed by atoms with van der Waals surface area (Å²) in [6.07, 6.45) is 9.83. The second kappa shape index (κ2) is 8.88. The van der Waals surface area contributed by atoms with Gasteiger partial charge in [0.25, 0.3) is 0 Å². The number of hydrogen-bond acceptors (Lipinski definition) is 4. The van der Waals surface area contributed by atoms with Gasteiger partial charge in [-0.25, -0.2) is 4.98 Å². The Labute approximate surface area is 128 Å². The molecule has 2 rings (SSSR count). The number of nitrogens with one attached hydrogen (secondary N) is 1. The van der Waals surface area contributed by atoms with Crippen LogP contribution in [0.25, 0.3) is 0 Å². The Balaban J connectivity index is 1.73. The number of anilines is 1. The van der Waals surface area contributed by atoms with Crippen LogP contribution in [-0.2, 0) is 4.74 Å². The van der Waals surface area contributed by atoms with Crippen LogP contribution >= 0.6 is 0 Å². The van der Waals surface area contributed by atoms with Gasteiger partial charge in [-0.1, -0.05) is 19.8 Å². The van der Waals surface area contributed by atoms with Crippen molar-refractivity contribution in [3.8, 4) is 5.88 Å². The van der Waals surface area contributed by atoms with Crippen molar-refractivity contribution < 1.29 is 9.47 Å². The Hall–Kier alpha value is -1.29. The first-order valence-electron chi connectivity index (χ1n) is 8.16. The second-order valence-electron chi connectivity index (χ2n) is 5.88. The molecule has 1 heterocycles. The Morgan fingerprint density at radius 2 is 2.00 bits per heavy atom. The molecule has 4 nitrogen and oxygen atoms in total. The minimum atomic E-state index is 0.539. The number of aromatic nitrogens is 1. The number of nitrogens with zero attached hydrogens (tertiary/aromatic N) is 1. The van der Waals surface area contributed by atoms with Gasteiger partial charge in [0.1, 0.15) is 6.61 Å². The van der Waals surface area contributed by atoms with Crippen molar-refractivity contribution in [2.24, 2.45) is 5.92 Å². The van der Waals surface area contributed by atoms with E-state index in [4.69, 9.17) is 9.47 Å². The second-order valence-corrected chi connectivity index (χ2v) is 5.88. The van der Waals surface area contributed by atoms with Gasteiger partial charge in [-0.15, -0.1) is 0 Å². The molecular weight excluding hydrogens is 264 g/mol. The first-order valence-corrected chi connectivity index (χ1v) is 8.16. The molecule has 118 valence electrons. The van der Waals surface area contributed by atoms with E-state index in [2.05, 4.69) is 17.2 Å². The molecule has 0 atom stereocenters. The molecule has 0 unspecified atom stereocenters. The fraction of sp³-hybridized carbons (Fsp3) is 0.706. The lowest BCUT2D eigenvalue weighted by atomic mass is 9.83. The number of methoxy groups -OCH3 is 1. The van der Waals surface area contributed by atoms with Crippen LogP contribution in [0.5, 0.6) is 5.88 Å². The van der Waals surface area contributed by atoms with E-state index in [1.54, 1.807) is 7.11 Å². The maximum atomic E-state index is 5.47. The highest BCUT2D eigenvalue weighted by atomic mass is 16.5. The maximum absolute atomic E-state index is 5.47. The molecular formula is C17H28N2O2. The number of hydrogen-bond donors (Lipinski definition) is 1. The molecule has 1 saturated carbocycles. The minimum Gasteiger partial charge on any atom is -0.475 e. The molecule has 0 radical (unpaired) electrons. The summed E-state index contributed by atoms with van der Waals surface area (Å²) in [6.45, 7) is 3.41. The average Bonchev–Trinajstić information content (AvgIpc) is 2.51. The van der Waals surface area contributed by atoms with Gasteiger partial charge >= 0.3 is 0 Å². The van der Waals surface area contributed by atoms with Crippen molar-refractivity contribution in [1.29, 1.82) is 0 Å². The van der Waals surface area contributed by atoms with Crippen LogP contribution in [0.3, 0.4) is 0 Å². The van der Waals surface area contributed by atoms with E-state index in [-0.39, 0.29) is 0 Å². The quantitative estimate of drug-likeness (QED) is 0.738. The topological polar surface area (TPSA) is 43.4 Å². The molecule has 1 N–H and O–H groups in total. The third-order valence-electron chi connectivity index (χ3n) is 4.19. The SMILES string of the molecule is CCCC1CCC(Nc2ccc(OCCOC)nc2)CC1. The summed E-state index contributed by atoms with van der Waals surface area (Å²) < 4.78 is 10.4. The highest BCUT2D eigenvalue weighted by Crippen LogP contribution is 2.29. The zero-order chi connectivity index (χ0) is 14.9. The lowest BCUT2D eigenvalue weighted by molar-refractivity contribution is 0.144. The zero-order valence-corrected chi connectivity index (χ0v) is 13.3. The Bertz CT molecular complexity index is 386. The van der Waals surface area contributed by atoms with Gasteiger partial charge in [-0.2, -0.15) is 0 Å². The van der Waals surface area contributed by atoms with Crippen LogP contribution in [0.15, 0.2) is 18.3 Å². The molecule has 0 spiro atoms. The van der Waals surface area contributed by atoms with Crippen molar-refractivity contribution in [3.63, 3.8) is 0 Å². The van der Waals surface area contributed by atoms with Gasteiger partial charge in [0.2, 0.25) is 5.88 Å². The van der Waals surface area contributed by atoms with Crippen LogP contribution in [0.1, 0.15) is 45.4 Å². The molecule has 1 aliphatic carbocycles. The first kappa shape index (κ1) is 16.1. The fourth-order valence-corrected chi connectivity index (χ4v) is 3.02. The van der Waals surface area contributed by atoms with E-state index >= 15 is 0 Å². The van der Waals surface area contributed by atoms with E-state index in [1.165, 1.54) is 38.5 Å². The summed E-state index contributed by atoms with van der Waals surface area (Å²) in [6, 6.07) is 4.56. The van der Waals surface area contributed by atoms with Crippen molar-refractivity contribution in [1.82, 2.24) is 4.98 Å². The summed E-state index contributed by atoms with van der Waals surface area (Å²) in [5.41, 5.74) is 1.09. The molecule has 1 aliphatic rings. The summed E-state index contributed by atoms with van der Waals surface area (Å²) in [5.74, 6) is 1.60. The fourth-order valence-electron chi connectivity index (χ4n) is 3.02. The maximum Gasteiger partial charge on any atom is 0.213 e. The Kier molecular flexibility index (Phi) is 6.80. The van der Waals surface area contributed by atoms with Gasteiger partial charge < -0.3 is 14.8 Å². The average molecular weight is 292 g/mol. The van der Waals surface area contributed by atoms with Crippen LogP contribution in [0.4, 0.5) is 5.69 Å².